The quantitative estimate of drug-likeness (QED) is 0.870. The van der Waals surface area contributed by atoms with Crippen molar-refractivity contribution in [2.45, 2.75) is 38.3 Å². The first-order valence-corrected chi connectivity index (χ1v) is 6.82. The van der Waals surface area contributed by atoms with Crippen molar-refractivity contribution < 1.29 is 9.84 Å². The van der Waals surface area contributed by atoms with Gasteiger partial charge >= 0.3 is 0 Å². The second kappa shape index (κ2) is 6.76. The number of rotatable bonds is 5. The summed E-state index contributed by atoms with van der Waals surface area (Å²) in [7, 11) is 1.72. The fourth-order valence-electron chi connectivity index (χ4n) is 2.80. The van der Waals surface area contributed by atoms with Gasteiger partial charge in [0.05, 0.1) is 7.11 Å². The van der Waals surface area contributed by atoms with Crippen molar-refractivity contribution in [1.82, 2.24) is 4.90 Å². The van der Waals surface area contributed by atoms with Gasteiger partial charge in [0.2, 0.25) is 0 Å². The van der Waals surface area contributed by atoms with Crippen LogP contribution in [0, 0.1) is 0 Å². The number of aliphatic hydroxyl groups is 1. The van der Waals surface area contributed by atoms with Gasteiger partial charge in [0.1, 0.15) is 5.75 Å². The number of likely N-dealkylation sites (tertiary alicyclic amines) is 1. The van der Waals surface area contributed by atoms with Gasteiger partial charge in [-0.25, -0.2) is 0 Å². The summed E-state index contributed by atoms with van der Waals surface area (Å²) < 4.78 is 5.41. The maximum absolute atomic E-state index is 9.15. The minimum Gasteiger partial charge on any atom is -0.496 e. The van der Waals surface area contributed by atoms with Gasteiger partial charge in [-0.05, 0) is 31.9 Å². The van der Waals surface area contributed by atoms with Crippen molar-refractivity contribution in [3.63, 3.8) is 0 Å². The highest BCUT2D eigenvalue weighted by molar-refractivity contribution is 5.33. The number of hydrogen-bond donors (Lipinski definition) is 1. The average Bonchev–Trinajstić information content (AvgIpc) is 2.42. The molecule has 0 spiro atoms. The van der Waals surface area contributed by atoms with E-state index in [2.05, 4.69) is 17.0 Å². The molecule has 1 heterocycles. The molecule has 3 nitrogen and oxygen atoms in total. The van der Waals surface area contributed by atoms with Crippen molar-refractivity contribution in [3.8, 4) is 5.75 Å². The lowest BCUT2D eigenvalue weighted by molar-refractivity contribution is 0.111. The fraction of sp³-hybridized carbons (Fsp3) is 0.600. The largest absolute Gasteiger partial charge is 0.496 e. The Labute approximate surface area is 109 Å². The Balaban J connectivity index is 2.05. The van der Waals surface area contributed by atoms with Crippen LogP contribution in [0.15, 0.2) is 24.3 Å². The summed E-state index contributed by atoms with van der Waals surface area (Å²) in [6.45, 7) is 2.34. The van der Waals surface area contributed by atoms with E-state index < -0.39 is 0 Å². The van der Waals surface area contributed by atoms with Gasteiger partial charge in [-0.3, -0.25) is 4.90 Å². The van der Waals surface area contributed by atoms with Crippen molar-refractivity contribution in [3.05, 3.63) is 29.8 Å². The Morgan fingerprint density at radius 1 is 1.33 bits per heavy atom. The third-order valence-electron chi connectivity index (χ3n) is 3.78. The van der Waals surface area contributed by atoms with Gasteiger partial charge in [0.25, 0.3) is 0 Å². The summed E-state index contributed by atoms with van der Waals surface area (Å²) in [4.78, 5) is 2.48. The summed E-state index contributed by atoms with van der Waals surface area (Å²) in [5.74, 6) is 0.964. The molecule has 18 heavy (non-hydrogen) atoms. The van der Waals surface area contributed by atoms with Crippen LogP contribution in [-0.4, -0.2) is 36.3 Å². The minimum absolute atomic E-state index is 0.285. The molecule has 0 bridgehead atoms. The maximum atomic E-state index is 9.15. The number of benzene rings is 1. The molecule has 1 aliphatic heterocycles. The molecule has 100 valence electrons. The van der Waals surface area contributed by atoms with Crippen LogP contribution in [0.4, 0.5) is 0 Å². The van der Waals surface area contributed by atoms with Gasteiger partial charge in [0, 0.05) is 24.8 Å². The van der Waals surface area contributed by atoms with Gasteiger partial charge in [-0.15, -0.1) is 0 Å². The van der Waals surface area contributed by atoms with E-state index in [0.29, 0.717) is 6.04 Å². The number of hydrogen-bond acceptors (Lipinski definition) is 3. The van der Waals surface area contributed by atoms with E-state index in [0.717, 1.165) is 25.3 Å². The smallest absolute Gasteiger partial charge is 0.123 e. The number of methoxy groups -OCH3 is 1. The molecule has 1 N–H and O–H groups in total. The van der Waals surface area contributed by atoms with Crippen LogP contribution >= 0.6 is 0 Å². The van der Waals surface area contributed by atoms with E-state index in [1.54, 1.807) is 7.11 Å². The van der Waals surface area contributed by atoms with Crippen LogP contribution in [0.25, 0.3) is 0 Å². The Bertz CT molecular complexity index is 365. The van der Waals surface area contributed by atoms with E-state index in [-0.39, 0.29) is 6.61 Å². The second-order valence-electron chi connectivity index (χ2n) is 4.94. The van der Waals surface area contributed by atoms with Gasteiger partial charge in [-0.2, -0.15) is 0 Å². The second-order valence-corrected chi connectivity index (χ2v) is 4.94. The predicted molar refractivity (Wildman–Crippen MR) is 72.7 cm³/mol. The summed E-state index contributed by atoms with van der Waals surface area (Å²) in [5, 5.41) is 9.15. The predicted octanol–water partition coefficient (Wildman–Crippen LogP) is 2.43. The molecule has 1 atom stereocenters. The first kappa shape index (κ1) is 13.4. The Hall–Kier alpha value is -1.06. The van der Waals surface area contributed by atoms with Crippen molar-refractivity contribution in [1.29, 1.82) is 0 Å². The SMILES string of the molecule is COc1ccccc1CN1CCCCC1CCO. The van der Waals surface area contributed by atoms with Crippen molar-refractivity contribution in [2.75, 3.05) is 20.3 Å². The standard InChI is InChI=1S/C15H23NO2/c1-18-15-8-3-2-6-13(15)12-16-10-5-4-7-14(16)9-11-17/h2-3,6,8,14,17H,4-5,7,9-12H2,1H3. The number of para-hydroxylation sites is 1. The van der Waals surface area contributed by atoms with Gasteiger partial charge in [-0.1, -0.05) is 24.6 Å². The van der Waals surface area contributed by atoms with Crippen LogP contribution in [-0.2, 0) is 6.54 Å². The summed E-state index contributed by atoms with van der Waals surface area (Å²) in [6.07, 6.45) is 4.63. The molecular formula is C15H23NO2. The summed E-state index contributed by atoms with van der Waals surface area (Å²) in [5.41, 5.74) is 1.24. The molecule has 1 saturated heterocycles. The molecule has 0 radical (unpaired) electrons. The van der Waals surface area contributed by atoms with Crippen LogP contribution in [0.2, 0.25) is 0 Å². The number of ether oxygens (including phenoxy) is 1. The highest BCUT2D eigenvalue weighted by atomic mass is 16.5. The lowest BCUT2D eigenvalue weighted by Crippen LogP contribution is -2.39. The third kappa shape index (κ3) is 3.24. The summed E-state index contributed by atoms with van der Waals surface area (Å²) in [6, 6.07) is 8.73. The molecule has 1 aliphatic rings. The monoisotopic (exact) mass is 249 g/mol. The molecule has 0 amide bonds. The van der Waals surface area contributed by atoms with Gasteiger partial charge in [0.15, 0.2) is 0 Å². The molecule has 1 aromatic carbocycles. The van der Waals surface area contributed by atoms with E-state index in [9.17, 15) is 0 Å². The third-order valence-corrected chi connectivity index (χ3v) is 3.78. The minimum atomic E-state index is 0.285. The fourth-order valence-corrected chi connectivity index (χ4v) is 2.80. The first-order valence-electron chi connectivity index (χ1n) is 6.82. The lowest BCUT2D eigenvalue weighted by atomic mass is 9.98. The Morgan fingerprint density at radius 2 is 2.17 bits per heavy atom. The van der Waals surface area contributed by atoms with Crippen LogP contribution in [0.1, 0.15) is 31.2 Å². The topological polar surface area (TPSA) is 32.7 Å². The maximum Gasteiger partial charge on any atom is 0.123 e. The van der Waals surface area contributed by atoms with E-state index in [1.165, 1.54) is 24.8 Å². The molecule has 0 aromatic heterocycles. The van der Waals surface area contributed by atoms with E-state index in [1.807, 2.05) is 12.1 Å². The van der Waals surface area contributed by atoms with Crippen molar-refractivity contribution >= 4 is 0 Å². The molecule has 0 saturated carbocycles. The van der Waals surface area contributed by atoms with Crippen LogP contribution < -0.4 is 4.74 Å². The molecule has 0 aliphatic carbocycles. The van der Waals surface area contributed by atoms with E-state index >= 15 is 0 Å². The van der Waals surface area contributed by atoms with Gasteiger partial charge < -0.3 is 9.84 Å². The Kier molecular flexibility index (Phi) is 5.02. The lowest BCUT2D eigenvalue weighted by Gasteiger charge is -2.35. The van der Waals surface area contributed by atoms with Crippen LogP contribution in [0.3, 0.4) is 0 Å². The highest BCUT2D eigenvalue weighted by Gasteiger charge is 2.22. The average molecular weight is 249 g/mol. The molecular weight excluding hydrogens is 226 g/mol. The first-order chi connectivity index (χ1) is 8.85. The van der Waals surface area contributed by atoms with E-state index in [4.69, 9.17) is 9.84 Å². The molecule has 1 fully saturated rings. The number of nitrogens with zero attached hydrogens (tertiary/aromatic N) is 1. The van der Waals surface area contributed by atoms with Crippen LogP contribution in [0.5, 0.6) is 5.75 Å². The molecule has 1 aromatic rings. The zero-order valence-electron chi connectivity index (χ0n) is 11.1. The Morgan fingerprint density at radius 3 is 2.94 bits per heavy atom. The number of aliphatic hydroxyl groups excluding tert-OH is 1. The summed E-state index contributed by atoms with van der Waals surface area (Å²) >= 11 is 0. The normalized spacial score (nSPS) is 20.9. The van der Waals surface area contributed by atoms with Crippen molar-refractivity contribution in [2.24, 2.45) is 0 Å². The highest BCUT2D eigenvalue weighted by Crippen LogP contribution is 2.25. The molecule has 1 unspecified atom stereocenters. The number of piperidine rings is 1. The zero-order chi connectivity index (χ0) is 12.8. The molecule has 2 rings (SSSR count). The molecule has 3 heteroatoms. The zero-order valence-corrected chi connectivity index (χ0v) is 11.1.